The molecule has 2 amide bonds. The molecule has 6 nitrogen and oxygen atoms in total. The van der Waals surface area contributed by atoms with Gasteiger partial charge in [0.2, 0.25) is 5.91 Å². The van der Waals surface area contributed by atoms with E-state index in [2.05, 4.69) is 17.3 Å². The minimum atomic E-state index is -0.0668. The lowest BCUT2D eigenvalue weighted by molar-refractivity contribution is -0.128. The summed E-state index contributed by atoms with van der Waals surface area (Å²) in [6.45, 7) is 7.78. The quantitative estimate of drug-likeness (QED) is 0.779. The predicted molar refractivity (Wildman–Crippen MR) is 115 cm³/mol. The zero-order valence-electron chi connectivity index (χ0n) is 17.5. The highest BCUT2D eigenvalue weighted by atomic mass is 16.2. The molecule has 1 saturated carbocycles. The van der Waals surface area contributed by atoms with E-state index in [1.54, 1.807) is 6.08 Å². The number of rotatable bonds is 5. The number of hydrazone groups is 1. The van der Waals surface area contributed by atoms with E-state index in [0.717, 1.165) is 55.7 Å². The Morgan fingerprint density at radius 2 is 2.00 bits per heavy atom. The fourth-order valence-corrected chi connectivity index (χ4v) is 4.63. The number of benzene rings is 1. The first kappa shape index (κ1) is 19.7. The van der Waals surface area contributed by atoms with Gasteiger partial charge in [0.15, 0.2) is 0 Å². The monoisotopic (exact) mass is 394 g/mol. The zero-order chi connectivity index (χ0) is 20.5. The summed E-state index contributed by atoms with van der Waals surface area (Å²) < 4.78 is 0. The predicted octanol–water partition coefficient (Wildman–Crippen LogP) is 3.35. The Balaban J connectivity index is 1.39. The van der Waals surface area contributed by atoms with Crippen LogP contribution in [0.25, 0.3) is 0 Å². The number of carbonyl (C=O) groups excluding carboxylic acids is 2. The zero-order valence-corrected chi connectivity index (χ0v) is 17.5. The van der Waals surface area contributed by atoms with Crippen LogP contribution in [0, 0.1) is 5.92 Å². The Bertz CT molecular complexity index is 858. The number of piperidine rings is 1. The Morgan fingerprint density at radius 1 is 1.24 bits per heavy atom. The second kappa shape index (κ2) is 8.01. The molecule has 6 heteroatoms. The van der Waals surface area contributed by atoms with Crippen LogP contribution in [0.5, 0.6) is 0 Å². The van der Waals surface area contributed by atoms with Crippen molar-refractivity contribution in [3.05, 3.63) is 41.5 Å². The molecule has 154 valence electrons. The van der Waals surface area contributed by atoms with Crippen molar-refractivity contribution < 1.29 is 9.59 Å². The molecule has 0 radical (unpaired) electrons. The molecule has 1 aliphatic carbocycles. The van der Waals surface area contributed by atoms with Gasteiger partial charge in [0.25, 0.3) is 5.91 Å². The number of nitrogens with zero attached hydrogens (tertiary/aromatic N) is 3. The molecule has 2 aliphatic heterocycles. The summed E-state index contributed by atoms with van der Waals surface area (Å²) >= 11 is 0. The van der Waals surface area contributed by atoms with E-state index in [9.17, 15) is 9.59 Å². The first-order chi connectivity index (χ1) is 13.9. The lowest BCUT2D eigenvalue weighted by Crippen LogP contribution is -2.51. The molecule has 0 spiro atoms. The molecular formula is C23H30N4O2. The van der Waals surface area contributed by atoms with Crippen LogP contribution in [0.2, 0.25) is 0 Å². The summed E-state index contributed by atoms with van der Waals surface area (Å²) in [5, 5.41) is 9.66. The van der Waals surface area contributed by atoms with Crippen LogP contribution in [0.1, 0.15) is 56.8 Å². The average molecular weight is 395 g/mol. The summed E-state index contributed by atoms with van der Waals surface area (Å²) in [4.78, 5) is 27.4. The third-order valence-electron chi connectivity index (χ3n) is 6.41. The fraction of sp³-hybridized carbons (Fsp3) is 0.522. The van der Waals surface area contributed by atoms with Gasteiger partial charge in [-0.05, 0) is 63.3 Å². The number of hydrogen-bond donors (Lipinski definition) is 1. The van der Waals surface area contributed by atoms with Gasteiger partial charge in [-0.15, -0.1) is 0 Å². The molecule has 3 atom stereocenters. The Kier molecular flexibility index (Phi) is 5.43. The molecule has 29 heavy (non-hydrogen) atoms. The van der Waals surface area contributed by atoms with Crippen molar-refractivity contribution in [1.82, 2.24) is 10.2 Å². The number of nitrogens with one attached hydrogen (secondary N) is 1. The number of allylic oxidation sites excluding steroid dienone is 1. The minimum absolute atomic E-state index is 0.0334. The van der Waals surface area contributed by atoms with Gasteiger partial charge >= 0.3 is 0 Å². The number of fused-ring (bicyclic) bond motifs is 2. The van der Waals surface area contributed by atoms with E-state index in [-0.39, 0.29) is 23.9 Å². The maximum Gasteiger partial charge on any atom is 0.251 e. The van der Waals surface area contributed by atoms with Gasteiger partial charge in [0.1, 0.15) is 0 Å². The molecule has 3 aliphatic rings. The molecule has 2 fully saturated rings. The fourth-order valence-electron chi connectivity index (χ4n) is 4.63. The van der Waals surface area contributed by atoms with Crippen molar-refractivity contribution in [2.24, 2.45) is 11.0 Å². The van der Waals surface area contributed by atoms with Crippen LogP contribution in [0.4, 0.5) is 5.69 Å². The van der Waals surface area contributed by atoms with Crippen molar-refractivity contribution in [3.8, 4) is 0 Å². The smallest absolute Gasteiger partial charge is 0.251 e. The minimum Gasteiger partial charge on any atom is -0.347 e. The maximum absolute atomic E-state index is 12.8. The topological polar surface area (TPSA) is 65.0 Å². The van der Waals surface area contributed by atoms with Crippen LogP contribution in [-0.2, 0) is 4.79 Å². The summed E-state index contributed by atoms with van der Waals surface area (Å²) in [6.07, 6.45) is 5.55. The summed E-state index contributed by atoms with van der Waals surface area (Å²) in [6, 6.07) is 7.76. The molecule has 3 unspecified atom stereocenters. The van der Waals surface area contributed by atoms with E-state index in [1.165, 1.54) is 0 Å². The molecule has 1 saturated heterocycles. The van der Waals surface area contributed by atoms with E-state index in [4.69, 9.17) is 0 Å². The normalized spacial score (nSPS) is 26.1. The molecule has 2 heterocycles. The van der Waals surface area contributed by atoms with Crippen LogP contribution in [0.15, 0.2) is 41.0 Å². The largest absolute Gasteiger partial charge is 0.347 e. The molecule has 1 aromatic carbocycles. The van der Waals surface area contributed by atoms with Crippen LogP contribution < -0.4 is 10.3 Å². The highest BCUT2D eigenvalue weighted by molar-refractivity contribution is 5.95. The maximum atomic E-state index is 12.8. The van der Waals surface area contributed by atoms with Gasteiger partial charge in [-0.3, -0.25) is 14.6 Å². The molecule has 0 aromatic heterocycles. The van der Waals surface area contributed by atoms with E-state index in [1.807, 2.05) is 48.0 Å². The molecule has 1 aromatic rings. The van der Waals surface area contributed by atoms with E-state index in [0.29, 0.717) is 11.5 Å². The van der Waals surface area contributed by atoms with Crippen LogP contribution in [0.3, 0.4) is 0 Å². The highest BCUT2D eigenvalue weighted by Crippen LogP contribution is 2.38. The van der Waals surface area contributed by atoms with E-state index >= 15 is 0 Å². The second-order valence-electron chi connectivity index (χ2n) is 8.57. The number of anilines is 1. The highest BCUT2D eigenvalue weighted by Gasteiger charge is 2.46. The lowest BCUT2D eigenvalue weighted by atomic mass is 10.0. The van der Waals surface area contributed by atoms with Gasteiger partial charge in [-0.1, -0.05) is 12.5 Å². The Morgan fingerprint density at radius 3 is 2.62 bits per heavy atom. The summed E-state index contributed by atoms with van der Waals surface area (Å²) in [5.41, 5.74) is 3.88. The lowest BCUT2D eigenvalue weighted by Gasteiger charge is -2.33. The van der Waals surface area contributed by atoms with Gasteiger partial charge in [0, 0.05) is 42.9 Å². The SMILES string of the molecule is CC/C(C)=C/C(=O)N1CC2CC(NC(=O)c3ccc(N4CCC(C)=N4)cc3)C1C2. The third-order valence-corrected chi connectivity index (χ3v) is 6.41. The van der Waals surface area contributed by atoms with Crippen LogP contribution in [-0.4, -0.2) is 47.6 Å². The molecular weight excluding hydrogens is 364 g/mol. The number of carbonyl (C=O) groups is 2. The third kappa shape index (κ3) is 4.07. The first-order valence-corrected chi connectivity index (χ1v) is 10.6. The second-order valence-corrected chi connectivity index (χ2v) is 8.57. The van der Waals surface area contributed by atoms with Crippen molar-refractivity contribution in [2.45, 2.75) is 58.5 Å². The van der Waals surface area contributed by atoms with Gasteiger partial charge in [0.05, 0.1) is 11.7 Å². The van der Waals surface area contributed by atoms with Gasteiger partial charge < -0.3 is 10.2 Å². The summed E-state index contributed by atoms with van der Waals surface area (Å²) in [5.74, 6) is 0.507. The number of likely N-dealkylation sites (tertiary alicyclic amines) is 1. The van der Waals surface area contributed by atoms with E-state index < -0.39 is 0 Å². The van der Waals surface area contributed by atoms with Crippen molar-refractivity contribution in [1.29, 1.82) is 0 Å². The molecule has 2 bridgehead atoms. The van der Waals surface area contributed by atoms with Crippen molar-refractivity contribution >= 4 is 23.2 Å². The number of amides is 2. The average Bonchev–Trinajstić information content (AvgIpc) is 3.43. The Hall–Kier alpha value is -2.63. The van der Waals surface area contributed by atoms with Crippen molar-refractivity contribution in [3.63, 3.8) is 0 Å². The molecule has 4 rings (SSSR count). The van der Waals surface area contributed by atoms with Crippen LogP contribution >= 0.6 is 0 Å². The van der Waals surface area contributed by atoms with Gasteiger partial charge in [-0.25, -0.2) is 0 Å². The first-order valence-electron chi connectivity index (χ1n) is 10.6. The van der Waals surface area contributed by atoms with Crippen molar-refractivity contribution in [2.75, 3.05) is 18.1 Å². The number of hydrogen-bond acceptors (Lipinski definition) is 4. The Labute approximate surface area is 172 Å². The summed E-state index contributed by atoms with van der Waals surface area (Å²) in [7, 11) is 0. The molecule has 1 N–H and O–H groups in total. The standard InChI is InChI=1S/C23H30N4O2/c1-4-15(2)11-22(28)26-14-17-12-20(21(26)13-17)24-23(29)18-5-7-19(8-6-18)27-10-9-16(3)25-27/h5-8,11,17,20-21H,4,9-10,12-14H2,1-3H3,(H,24,29)/b15-11+. The van der Waals surface area contributed by atoms with Gasteiger partial charge in [-0.2, -0.15) is 5.10 Å².